The highest BCUT2D eigenvalue weighted by Gasteiger charge is 2.16. The molecule has 0 aromatic heterocycles. The number of aromatic hydroxyl groups is 1. The number of hydrogen-bond donors (Lipinski definition) is 3. The maximum absolute atomic E-state index is 13.4. The number of phenols is 1. The van der Waals surface area contributed by atoms with E-state index in [0.717, 1.165) is 6.07 Å². The number of nitrogens with one attached hydrogen (secondary N) is 2. The second-order valence-electron chi connectivity index (χ2n) is 4.51. The van der Waals surface area contributed by atoms with Crippen molar-refractivity contribution in [2.45, 2.75) is 13.8 Å². The van der Waals surface area contributed by atoms with Gasteiger partial charge in [-0.05, 0) is 18.1 Å². The van der Waals surface area contributed by atoms with E-state index in [1.165, 1.54) is 12.1 Å². The molecule has 0 atom stereocenters. The van der Waals surface area contributed by atoms with Gasteiger partial charge in [0.25, 0.3) is 5.91 Å². The van der Waals surface area contributed by atoms with Gasteiger partial charge in [-0.1, -0.05) is 19.9 Å². The smallest absolute Gasteiger partial charge is 0.258 e. The Hall–Kier alpha value is -2.11. The summed E-state index contributed by atoms with van der Waals surface area (Å²) in [4.78, 5) is 23.0. The Bertz CT molecular complexity index is 455. The number of halogens is 1. The summed E-state index contributed by atoms with van der Waals surface area (Å²) in [6.07, 6.45) is 0. The molecule has 0 radical (unpaired) electrons. The molecule has 6 heteroatoms. The SMILES string of the molecule is CC(C)CNC(=O)CNC(=O)c1c(O)cccc1F. The second kappa shape index (κ2) is 6.72. The van der Waals surface area contributed by atoms with Crippen molar-refractivity contribution in [1.82, 2.24) is 10.6 Å². The zero-order valence-electron chi connectivity index (χ0n) is 10.9. The fraction of sp³-hybridized carbons (Fsp3) is 0.385. The third-order valence-electron chi connectivity index (χ3n) is 2.34. The highest BCUT2D eigenvalue weighted by molar-refractivity contribution is 5.98. The normalized spacial score (nSPS) is 10.3. The predicted octanol–water partition coefficient (Wildman–Crippen LogP) is 1.03. The Morgan fingerprint density at radius 2 is 2.00 bits per heavy atom. The van der Waals surface area contributed by atoms with Gasteiger partial charge in [0.2, 0.25) is 5.91 Å². The summed E-state index contributed by atoms with van der Waals surface area (Å²) in [6.45, 7) is 4.12. The monoisotopic (exact) mass is 268 g/mol. The van der Waals surface area contributed by atoms with Crippen LogP contribution in [-0.4, -0.2) is 30.0 Å². The number of amides is 2. The quantitative estimate of drug-likeness (QED) is 0.746. The number of phenolic OH excluding ortho intramolecular Hbond substituents is 1. The lowest BCUT2D eigenvalue weighted by molar-refractivity contribution is -0.120. The van der Waals surface area contributed by atoms with Crippen LogP contribution in [-0.2, 0) is 4.79 Å². The summed E-state index contributed by atoms with van der Waals surface area (Å²) in [5.74, 6) is -2.18. The van der Waals surface area contributed by atoms with Gasteiger partial charge in [0.1, 0.15) is 17.1 Å². The molecule has 0 aliphatic rings. The molecule has 0 aliphatic heterocycles. The highest BCUT2D eigenvalue weighted by Crippen LogP contribution is 2.19. The van der Waals surface area contributed by atoms with Gasteiger partial charge < -0.3 is 15.7 Å². The molecule has 5 nitrogen and oxygen atoms in total. The summed E-state index contributed by atoms with van der Waals surface area (Å²) < 4.78 is 13.4. The molecule has 19 heavy (non-hydrogen) atoms. The minimum absolute atomic E-state index is 0.265. The molecule has 1 aromatic rings. The lowest BCUT2D eigenvalue weighted by atomic mass is 10.1. The van der Waals surface area contributed by atoms with Crippen LogP contribution in [0.15, 0.2) is 18.2 Å². The first-order chi connectivity index (χ1) is 8.91. The van der Waals surface area contributed by atoms with Crippen molar-refractivity contribution in [3.05, 3.63) is 29.6 Å². The molecule has 0 aliphatic carbocycles. The molecule has 1 rings (SSSR count). The van der Waals surface area contributed by atoms with Crippen LogP contribution in [0.5, 0.6) is 5.75 Å². The number of rotatable bonds is 5. The second-order valence-corrected chi connectivity index (χ2v) is 4.51. The van der Waals surface area contributed by atoms with Crippen LogP contribution in [0.25, 0.3) is 0 Å². The van der Waals surface area contributed by atoms with Crippen LogP contribution in [0.4, 0.5) is 4.39 Å². The number of carbonyl (C=O) groups excluding carboxylic acids is 2. The van der Waals surface area contributed by atoms with Crippen LogP contribution in [0, 0.1) is 11.7 Å². The number of carbonyl (C=O) groups is 2. The third kappa shape index (κ3) is 4.57. The van der Waals surface area contributed by atoms with Gasteiger partial charge in [0.15, 0.2) is 0 Å². The van der Waals surface area contributed by atoms with Gasteiger partial charge >= 0.3 is 0 Å². The molecule has 0 bridgehead atoms. The summed E-state index contributed by atoms with van der Waals surface area (Å²) in [7, 11) is 0. The summed E-state index contributed by atoms with van der Waals surface area (Å²) in [6, 6.07) is 3.56. The van der Waals surface area contributed by atoms with Gasteiger partial charge in [-0.25, -0.2) is 4.39 Å². The first-order valence-corrected chi connectivity index (χ1v) is 5.94. The zero-order chi connectivity index (χ0) is 14.4. The maximum Gasteiger partial charge on any atom is 0.258 e. The van der Waals surface area contributed by atoms with Crippen molar-refractivity contribution in [2.24, 2.45) is 5.92 Å². The topological polar surface area (TPSA) is 78.4 Å². The van der Waals surface area contributed by atoms with E-state index in [9.17, 15) is 19.1 Å². The first kappa shape index (κ1) is 14.9. The Morgan fingerprint density at radius 1 is 1.32 bits per heavy atom. The van der Waals surface area contributed by atoms with Gasteiger partial charge in [0, 0.05) is 6.54 Å². The first-order valence-electron chi connectivity index (χ1n) is 5.94. The number of hydrogen-bond acceptors (Lipinski definition) is 3. The lowest BCUT2D eigenvalue weighted by Crippen LogP contribution is -2.38. The minimum atomic E-state index is -0.833. The lowest BCUT2D eigenvalue weighted by Gasteiger charge is -2.09. The van der Waals surface area contributed by atoms with Crippen LogP contribution in [0.3, 0.4) is 0 Å². The van der Waals surface area contributed by atoms with E-state index in [1.807, 2.05) is 13.8 Å². The van der Waals surface area contributed by atoms with Gasteiger partial charge in [0.05, 0.1) is 6.54 Å². The van der Waals surface area contributed by atoms with E-state index in [0.29, 0.717) is 12.5 Å². The molecular formula is C13H17FN2O3. The fourth-order valence-electron chi connectivity index (χ4n) is 1.37. The van der Waals surface area contributed by atoms with Crippen molar-refractivity contribution >= 4 is 11.8 Å². The minimum Gasteiger partial charge on any atom is -0.507 e. The van der Waals surface area contributed by atoms with Gasteiger partial charge in [-0.3, -0.25) is 9.59 Å². The maximum atomic E-state index is 13.4. The highest BCUT2D eigenvalue weighted by atomic mass is 19.1. The largest absolute Gasteiger partial charge is 0.507 e. The van der Waals surface area contributed by atoms with Crippen molar-refractivity contribution in [1.29, 1.82) is 0 Å². The van der Waals surface area contributed by atoms with Crippen molar-refractivity contribution in [3.63, 3.8) is 0 Å². The van der Waals surface area contributed by atoms with Crippen LogP contribution >= 0.6 is 0 Å². The zero-order valence-corrected chi connectivity index (χ0v) is 10.9. The summed E-state index contributed by atoms with van der Waals surface area (Å²) >= 11 is 0. The van der Waals surface area contributed by atoms with E-state index >= 15 is 0 Å². The Labute approximate surface area is 110 Å². The van der Waals surface area contributed by atoms with Crippen LogP contribution in [0.2, 0.25) is 0 Å². The number of benzene rings is 1. The molecule has 0 heterocycles. The summed E-state index contributed by atoms with van der Waals surface area (Å²) in [5.41, 5.74) is -0.459. The molecule has 1 aromatic carbocycles. The molecule has 2 amide bonds. The van der Waals surface area contributed by atoms with Crippen molar-refractivity contribution in [3.8, 4) is 5.75 Å². The predicted molar refractivity (Wildman–Crippen MR) is 68.2 cm³/mol. The summed E-state index contributed by atoms with van der Waals surface area (Å²) in [5, 5.41) is 14.3. The molecule has 3 N–H and O–H groups in total. The Balaban J connectivity index is 2.54. The average molecular weight is 268 g/mol. The van der Waals surface area contributed by atoms with Crippen LogP contribution in [0.1, 0.15) is 24.2 Å². The third-order valence-corrected chi connectivity index (χ3v) is 2.34. The Kier molecular flexibility index (Phi) is 5.29. The molecular weight excluding hydrogens is 251 g/mol. The average Bonchev–Trinajstić information content (AvgIpc) is 2.33. The van der Waals surface area contributed by atoms with Crippen LogP contribution < -0.4 is 10.6 Å². The van der Waals surface area contributed by atoms with Gasteiger partial charge in [-0.2, -0.15) is 0 Å². The fourth-order valence-corrected chi connectivity index (χ4v) is 1.37. The molecule has 104 valence electrons. The molecule has 0 spiro atoms. The van der Waals surface area contributed by atoms with E-state index in [1.54, 1.807) is 0 Å². The molecule has 0 unspecified atom stereocenters. The van der Waals surface area contributed by atoms with E-state index in [2.05, 4.69) is 10.6 Å². The van der Waals surface area contributed by atoms with Crippen molar-refractivity contribution in [2.75, 3.05) is 13.1 Å². The Morgan fingerprint density at radius 3 is 2.58 bits per heavy atom. The van der Waals surface area contributed by atoms with Crippen molar-refractivity contribution < 1.29 is 19.1 Å². The standard InChI is InChI=1S/C13H17FN2O3/c1-8(2)6-15-11(18)7-16-13(19)12-9(14)4-3-5-10(12)17/h3-5,8,17H,6-7H2,1-2H3,(H,15,18)(H,16,19). The molecule has 0 fully saturated rings. The molecule has 0 saturated carbocycles. The van der Waals surface area contributed by atoms with E-state index < -0.39 is 23.0 Å². The van der Waals surface area contributed by atoms with E-state index in [4.69, 9.17) is 0 Å². The molecule has 0 saturated heterocycles. The van der Waals surface area contributed by atoms with Gasteiger partial charge in [-0.15, -0.1) is 0 Å². The van der Waals surface area contributed by atoms with E-state index in [-0.39, 0.29) is 12.5 Å².